The Morgan fingerprint density at radius 1 is 1.29 bits per heavy atom. The van der Waals surface area contributed by atoms with Crippen molar-refractivity contribution in [1.29, 1.82) is 0 Å². The zero-order valence-corrected chi connectivity index (χ0v) is 13.6. The van der Waals surface area contributed by atoms with Gasteiger partial charge in [0.25, 0.3) is 0 Å². The highest BCUT2D eigenvalue weighted by Crippen LogP contribution is 2.28. The number of rotatable bonds is 4. The van der Waals surface area contributed by atoms with Crippen LogP contribution in [0.4, 0.5) is 10.1 Å². The molecule has 4 nitrogen and oxygen atoms in total. The summed E-state index contributed by atoms with van der Waals surface area (Å²) in [6, 6.07) is 4.83. The summed E-state index contributed by atoms with van der Waals surface area (Å²) in [6.07, 6.45) is 0. The van der Waals surface area contributed by atoms with Gasteiger partial charge in [-0.3, -0.25) is 0 Å². The Hall–Kier alpha value is -1.44. The molecule has 1 atom stereocenters. The second-order valence-electron chi connectivity index (χ2n) is 4.89. The molecule has 1 heterocycles. The van der Waals surface area contributed by atoms with Crippen LogP contribution < -0.4 is 10.5 Å². The van der Waals surface area contributed by atoms with Gasteiger partial charge in [-0.2, -0.15) is 0 Å². The Kier molecular flexibility index (Phi) is 4.36. The van der Waals surface area contributed by atoms with E-state index in [-0.39, 0.29) is 10.6 Å². The molecular formula is C14H17FN2O2S2. The minimum absolute atomic E-state index is 0.0225. The number of thiophene rings is 1. The SMILES string of the molecule is Cc1cc(C(C)NS(=O)(=O)c2cc(F)ccc2N)c(C)s1. The first kappa shape index (κ1) is 15.9. The Morgan fingerprint density at radius 3 is 2.52 bits per heavy atom. The summed E-state index contributed by atoms with van der Waals surface area (Å²) in [5.74, 6) is -0.639. The van der Waals surface area contributed by atoms with Gasteiger partial charge in [0.15, 0.2) is 0 Å². The third-order valence-electron chi connectivity index (χ3n) is 3.14. The summed E-state index contributed by atoms with van der Waals surface area (Å²) in [5.41, 5.74) is 6.58. The fourth-order valence-corrected chi connectivity index (χ4v) is 4.57. The summed E-state index contributed by atoms with van der Waals surface area (Å²) in [5, 5.41) is 0. The van der Waals surface area contributed by atoms with E-state index in [9.17, 15) is 12.8 Å². The highest BCUT2D eigenvalue weighted by Gasteiger charge is 2.23. The van der Waals surface area contributed by atoms with Gasteiger partial charge in [0, 0.05) is 15.8 Å². The smallest absolute Gasteiger partial charge is 0.243 e. The molecule has 0 radical (unpaired) electrons. The lowest BCUT2D eigenvalue weighted by Gasteiger charge is -2.15. The van der Waals surface area contributed by atoms with Gasteiger partial charge in [0.05, 0.1) is 5.69 Å². The van der Waals surface area contributed by atoms with E-state index in [1.807, 2.05) is 19.9 Å². The Balaban J connectivity index is 2.33. The fraction of sp³-hybridized carbons (Fsp3) is 0.286. The molecule has 0 amide bonds. The first-order valence-corrected chi connectivity index (χ1v) is 8.65. The van der Waals surface area contributed by atoms with Crippen LogP contribution in [-0.2, 0) is 10.0 Å². The summed E-state index contributed by atoms with van der Waals surface area (Å²) in [7, 11) is -3.88. The van der Waals surface area contributed by atoms with E-state index in [0.717, 1.165) is 27.5 Å². The van der Waals surface area contributed by atoms with Crippen molar-refractivity contribution >= 4 is 27.0 Å². The van der Waals surface area contributed by atoms with E-state index >= 15 is 0 Å². The van der Waals surface area contributed by atoms with Crippen LogP contribution in [0.1, 0.15) is 28.3 Å². The predicted molar refractivity (Wildman–Crippen MR) is 83.3 cm³/mol. The van der Waals surface area contributed by atoms with Crippen LogP contribution in [0.2, 0.25) is 0 Å². The van der Waals surface area contributed by atoms with Gasteiger partial charge < -0.3 is 5.73 Å². The normalized spacial score (nSPS) is 13.3. The monoisotopic (exact) mass is 328 g/mol. The van der Waals surface area contributed by atoms with Crippen molar-refractivity contribution in [2.45, 2.75) is 31.7 Å². The van der Waals surface area contributed by atoms with E-state index < -0.39 is 21.9 Å². The summed E-state index contributed by atoms with van der Waals surface area (Å²) in [4.78, 5) is 1.92. The van der Waals surface area contributed by atoms with Gasteiger partial charge in [0.2, 0.25) is 10.0 Å². The second-order valence-corrected chi connectivity index (χ2v) is 8.04. The maximum Gasteiger partial charge on any atom is 0.243 e. The van der Waals surface area contributed by atoms with E-state index in [0.29, 0.717) is 0 Å². The van der Waals surface area contributed by atoms with Gasteiger partial charge in [-0.25, -0.2) is 17.5 Å². The van der Waals surface area contributed by atoms with E-state index in [2.05, 4.69) is 4.72 Å². The molecule has 7 heteroatoms. The molecular weight excluding hydrogens is 311 g/mol. The molecule has 2 aromatic rings. The number of halogens is 1. The number of nitrogens with two attached hydrogens (primary N) is 1. The molecule has 3 N–H and O–H groups in total. The number of sulfonamides is 1. The van der Waals surface area contributed by atoms with Gasteiger partial charge in [0.1, 0.15) is 10.7 Å². The molecule has 0 fully saturated rings. The van der Waals surface area contributed by atoms with Crippen LogP contribution >= 0.6 is 11.3 Å². The van der Waals surface area contributed by atoms with Crippen LogP contribution in [0.3, 0.4) is 0 Å². The minimum atomic E-state index is -3.88. The first-order valence-electron chi connectivity index (χ1n) is 6.35. The average molecular weight is 328 g/mol. The lowest BCUT2D eigenvalue weighted by molar-refractivity contribution is 0.564. The maximum absolute atomic E-state index is 13.3. The van der Waals surface area contributed by atoms with Gasteiger partial charge in [-0.05, 0) is 50.6 Å². The molecule has 114 valence electrons. The van der Waals surface area contributed by atoms with Crippen LogP contribution in [0.25, 0.3) is 0 Å². The summed E-state index contributed by atoms with van der Waals surface area (Å²) < 4.78 is 40.5. The van der Waals surface area contributed by atoms with E-state index in [1.165, 1.54) is 6.07 Å². The van der Waals surface area contributed by atoms with Crippen molar-refractivity contribution in [1.82, 2.24) is 4.72 Å². The predicted octanol–water partition coefficient (Wildman–Crippen LogP) is 3.13. The van der Waals surface area contributed by atoms with Crippen molar-refractivity contribution in [3.63, 3.8) is 0 Å². The Morgan fingerprint density at radius 2 is 1.95 bits per heavy atom. The average Bonchev–Trinajstić information content (AvgIpc) is 2.71. The highest BCUT2D eigenvalue weighted by molar-refractivity contribution is 7.89. The Labute approximate surface area is 127 Å². The molecule has 1 aromatic heterocycles. The van der Waals surface area contributed by atoms with Crippen molar-refractivity contribution in [3.8, 4) is 0 Å². The number of hydrogen-bond acceptors (Lipinski definition) is 4. The molecule has 21 heavy (non-hydrogen) atoms. The van der Waals surface area contributed by atoms with Crippen LogP contribution in [0, 0.1) is 19.7 Å². The summed E-state index contributed by atoms with van der Waals surface area (Å²) >= 11 is 1.61. The number of hydrogen-bond donors (Lipinski definition) is 2. The zero-order valence-electron chi connectivity index (χ0n) is 12.0. The van der Waals surface area contributed by atoms with Crippen LogP contribution in [0.5, 0.6) is 0 Å². The fourth-order valence-electron chi connectivity index (χ4n) is 2.18. The quantitative estimate of drug-likeness (QED) is 0.847. The molecule has 1 aromatic carbocycles. The molecule has 0 aliphatic heterocycles. The maximum atomic E-state index is 13.3. The minimum Gasteiger partial charge on any atom is -0.398 e. The molecule has 0 spiro atoms. The van der Waals surface area contributed by atoms with Crippen LogP contribution in [0.15, 0.2) is 29.2 Å². The van der Waals surface area contributed by atoms with Crippen molar-refractivity contribution in [2.75, 3.05) is 5.73 Å². The molecule has 0 aliphatic carbocycles. The highest BCUT2D eigenvalue weighted by atomic mass is 32.2. The summed E-state index contributed by atoms with van der Waals surface area (Å²) in [6.45, 7) is 5.66. The zero-order chi connectivity index (χ0) is 15.8. The third-order valence-corrected chi connectivity index (χ3v) is 5.72. The van der Waals surface area contributed by atoms with Crippen molar-refractivity contribution < 1.29 is 12.8 Å². The second kappa shape index (κ2) is 5.75. The standard InChI is InChI=1S/C14H17FN2O2S2/c1-8-6-12(10(3)20-8)9(2)17-21(18,19)14-7-11(15)4-5-13(14)16/h4-7,9,17H,16H2,1-3H3. The topological polar surface area (TPSA) is 72.2 Å². The van der Waals surface area contributed by atoms with Gasteiger partial charge in [-0.1, -0.05) is 0 Å². The van der Waals surface area contributed by atoms with Gasteiger partial charge in [-0.15, -0.1) is 11.3 Å². The molecule has 0 bridgehead atoms. The number of anilines is 1. The van der Waals surface area contributed by atoms with Crippen molar-refractivity contribution in [3.05, 3.63) is 45.4 Å². The number of benzene rings is 1. The molecule has 1 unspecified atom stereocenters. The third kappa shape index (κ3) is 3.42. The van der Waals surface area contributed by atoms with Gasteiger partial charge >= 0.3 is 0 Å². The number of nitrogen functional groups attached to an aromatic ring is 1. The van der Waals surface area contributed by atoms with Crippen LogP contribution in [-0.4, -0.2) is 8.42 Å². The number of aryl methyl sites for hydroxylation is 2. The van der Waals surface area contributed by atoms with E-state index in [4.69, 9.17) is 5.73 Å². The lowest BCUT2D eigenvalue weighted by atomic mass is 10.1. The molecule has 0 aliphatic rings. The lowest BCUT2D eigenvalue weighted by Crippen LogP contribution is -2.27. The first-order chi connectivity index (χ1) is 9.70. The Bertz CT molecular complexity index is 769. The molecule has 0 saturated carbocycles. The van der Waals surface area contributed by atoms with Crippen molar-refractivity contribution in [2.24, 2.45) is 0 Å². The molecule has 2 rings (SSSR count). The largest absolute Gasteiger partial charge is 0.398 e. The number of nitrogens with one attached hydrogen (secondary N) is 1. The van der Waals surface area contributed by atoms with E-state index in [1.54, 1.807) is 18.3 Å². The molecule has 0 saturated heterocycles.